The molecule has 3 N–H and O–H groups in total. The number of aromatic nitrogens is 1. The van der Waals surface area contributed by atoms with Crippen LogP contribution in [-0.2, 0) is 30.8 Å². The van der Waals surface area contributed by atoms with Crippen molar-refractivity contribution in [2.45, 2.75) is 43.4 Å². The Bertz CT molecular complexity index is 1290. The summed E-state index contributed by atoms with van der Waals surface area (Å²) >= 11 is 0. The van der Waals surface area contributed by atoms with Crippen molar-refractivity contribution < 1.29 is 32.6 Å². The van der Waals surface area contributed by atoms with Crippen LogP contribution in [-0.4, -0.2) is 66.4 Å². The summed E-state index contributed by atoms with van der Waals surface area (Å²) < 4.78 is 40.8. The third-order valence-corrected chi connectivity index (χ3v) is 8.17. The molecule has 0 radical (unpaired) electrons. The third kappa shape index (κ3) is 4.58. The monoisotopic (exact) mass is 493 g/mol. The highest BCUT2D eigenvalue weighted by atomic mass is 32.2. The van der Waals surface area contributed by atoms with Gasteiger partial charge in [-0.3, -0.25) is 9.59 Å². The van der Waals surface area contributed by atoms with E-state index in [0.29, 0.717) is 31.6 Å². The van der Waals surface area contributed by atoms with E-state index in [0.717, 1.165) is 0 Å². The summed E-state index contributed by atoms with van der Waals surface area (Å²) in [4.78, 5) is 35.8. The number of carbonyl (C=O) groups is 2. The lowest BCUT2D eigenvalue weighted by Gasteiger charge is -2.36. The van der Waals surface area contributed by atoms with Crippen LogP contribution in [0.1, 0.15) is 36.5 Å². The molecule has 1 atom stereocenters. The van der Waals surface area contributed by atoms with Crippen molar-refractivity contribution in [3.8, 4) is 0 Å². The van der Waals surface area contributed by atoms with E-state index in [4.69, 9.17) is 15.2 Å². The van der Waals surface area contributed by atoms with E-state index < -0.39 is 38.7 Å². The fourth-order valence-corrected chi connectivity index (χ4v) is 6.05. The van der Waals surface area contributed by atoms with Crippen LogP contribution in [0.15, 0.2) is 34.1 Å². The maximum atomic E-state index is 13.3. The summed E-state index contributed by atoms with van der Waals surface area (Å²) in [7, 11) is -3.94. The van der Waals surface area contributed by atoms with E-state index in [1.807, 2.05) is 0 Å². The minimum atomic E-state index is -3.94. The van der Waals surface area contributed by atoms with Crippen molar-refractivity contribution >= 4 is 32.8 Å². The molecule has 11 nitrogen and oxygen atoms in total. The molecule has 1 aromatic carbocycles. The molecule has 0 saturated carbocycles. The Morgan fingerprint density at radius 3 is 2.44 bits per heavy atom. The summed E-state index contributed by atoms with van der Waals surface area (Å²) in [6.45, 7) is 3.35. The smallest absolute Gasteiger partial charge is 0.341 e. The van der Waals surface area contributed by atoms with Crippen molar-refractivity contribution in [3.05, 3.63) is 40.2 Å². The van der Waals surface area contributed by atoms with Gasteiger partial charge in [-0.05, 0) is 24.1 Å². The van der Waals surface area contributed by atoms with Gasteiger partial charge in [0.25, 0.3) is 0 Å². The highest BCUT2D eigenvalue weighted by molar-refractivity contribution is 7.89. The van der Waals surface area contributed by atoms with Crippen LogP contribution in [0.3, 0.4) is 0 Å². The maximum Gasteiger partial charge on any atom is 0.341 e. The predicted molar refractivity (Wildman–Crippen MR) is 121 cm³/mol. The van der Waals surface area contributed by atoms with E-state index in [2.05, 4.69) is 0 Å². The van der Waals surface area contributed by atoms with Gasteiger partial charge in [0.1, 0.15) is 5.56 Å². The van der Waals surface area contributed by atoms with Gasteiger partial charge in [-0.2, -0.15) is 4.31 Å². The number of nitrogens with two attached hydrogens (primary N) is 1. The second-order valence-corrected chi connectivity index (χ2v) is 10.7. The lowest BCUT2D eigenvalue weighted by Crippen LogP contribution is -2.47. The van der Waals surface area contributed by atoms with Crippen molar-refractivity contribution in [3.63, 3.8) is 0 Å². The number of piperidine rings is 1. The van der Waals surface area contributed by atoms with E-state index in [-0.39, 0.29) is 42.3 Å². The van der Waals surface area contributed by atoms with Crippen LogP contribution in [0.2, 0.25) is 0 Å². The Balaban J connectivity index is 1.71. The number of benzene rings is 1. The molecule has 0 aliphatic carbocycles. The van der Waals surface area contributed by atoms with Crippen LogP contribution in [0, 0.1) is 5.92 Å². The number of carboxylic acids is 1. The minimum absolute atomic E-state index is 0.0248. The Hall–Kier alpha value is -2.80. The van der Waals surface area contributed by atoms with Gasteiger partial charge in [0, 0.05) is 50.5 Å². The first-order chi connectivity index (χ1) is 16.0. The number of ether oxygens (including phenoxy) is 2. The van der Waals surface area contributed by atoms with E-state index >= 15 is 0 Å². The quantitative estimate of drug-likeness (QED) is 0.571. The third-order valence-electron chi connectivity index (χ3n) is 6.28. The van der Waals surface area contributed by atoms with Gasteiger partial charge in [0.05, 0.1) is 23.6 Å². The highest BCUT2D eigenvalue weighted by Gasteiger charge is 2.42. The number of carbonyl (C=O) groups excluding carboxylic acids is 1. The minimum Gasteiger partial charge on any atom is -0.477 e. The number of primary amides is 1. The molecule has 1 spiro atoms. The Kier molecular flexibility index (Phi) is 6.51. The van der Waals surface area contributed by atoms with Crippen LogP contribution in [0.4, 0.5) is 0 Å². The first-order valence-corrected chi connectivity index (χ1v) is 12.4. The molecule has 2 saturated heterocycles. The topological polar surface area (TPSA) is 158 Å². The van der Waals surface area contributed by atoms with Crippen molar-refractivity contribution in [2.75, 3.05) is 26.3 Å². The summed E-state index contributed by atoms with van der Waals surface area (Å²) in [5.41, 5.74) is 4.37. The Labute approximate surface area is 196 Å². The van der Waals surface area contributed by atoms with Crippen molar-refractivity contribution in [2.24, 2.45) is 11.7 Å². The average Bonchev–Trinajstić information content (AvgIpc) is 3.22. The SMILES string of the molecule is CC(CC(N)=O)Cn1cc(C(=O)O)c(=O)c2cc(S(=O)(=O)N3CCC4(CC3)OCCO4)ccc21. The number of nitrogens with zero attached hydrogens (tertiary/aromatic N) is 2. The number of aromatic carboxylic acids is 1. The number of sulfonamides is 1. The normalized spacial score (nSPS) is 19.4. The zero-order valence-corrected chi connectivity index (χ0v) is 19.5. The van der Waals surface area contributed by atoms with Gasteiger partial charge < -0.3 is 24.9 Å². The van der Waals surface area contributed by atoms with Crippen molar-refractivity contribution in [1.82, 2.24) is 8.87 Å². The second kappa shape index (κ2) is 9.10. The predicted octanol–water partition coefficient (Wildman–Crippen LogP) is 0.739. The molecule has 2 aliphatic rings. The number of fused-ring (bicyclic) bond motifs is 1. The van der Waals surface area contributed by atoms with Gasteiger partial charge in [-0.25, -0.2) is 13.2 Å². The molecule has 0 bridgehead atoms. The molecule has 184 valence electrons. The molecule has 1 amide bonds. The van der Waals surface area contributed by atoms with Crippen LogP contribution < -0.4 is 11.2 Å². The number of hydrogen-bond acceptors (Lipinski definition) is 7. The molecule has 1 aromatic heterocycles. The lowest BCUT2D eigenvalue weighted by atomic mass is 10.1. The molecule has 3 heterocycles. The van der Waals surface area contributed by atoms with Crippen LogP contribution in [0.5, 0.6) is 0 Å². The van der Waals surface area contributed by atoms with Crippen molar-refractivity contribution in [1.29, 1.82) is 0 Å². The first kappa shape index (κ1) is 24.3. The van der Waals surface area contributed by atoms with Gasteiger partial charge in [-0.15, -0.1) is 0 Å². The fraction of sp³-hybridized carbons (Fsp3) is 0.500. The standard InChI is InChI=1S/C22H27N3O8S/c1-14(10-19(23)26)12-24-13-17(21(28)29)20(27)16-11-15(2-3-18(16)24)34(30,31)25-6-4-22(5-7-25)32-8-9-33-22/h2-3,11,13-14H,4-10,12H2,1H3,(H2,23,26)(H,28,29). The molecule has 2 aromatic rings. The Morgan fingerprint density at radius 2 is 1.85 bits per heavy atom. The second-order valence-electron chi connectivity index (χ2n) is 8.80. The van der Waals surface area contributed by atoms with E-state index in [1.165, 1.54) is 28.7 Å². The maximum absolute atomic E-state index is 13.3. The van der Waals surface area contributed by atoms with Gasteiger partial charge in [-0.1, -0.05) is 6.92 Å². The van der Waals surface area contributed by atoms with Crippen LogP contribution >= 0.6 is 0 Å². The molecular formula is C22H27N3O8S. The first-order valence-electron chi connectivity index (χ1n) is 11.0. The number of pyridine rings is 1. The zero-order chi connectivity index (χ0) is 24.7. The fourth-order valence-electron chi connectivity index (χ4n) is 4.59. The molecule has 2 fully saturated rings. The van der Waals surface area contributed by atoms with Gasteiger partial charge in [0.2, 0.25) is 21.4 Å². The number of carboxylic acid groups (broad SMARTS) is 1. The number of rotatable bonds is 7. The molecule has 12 heteroatoms. The number of hydrogen-bond donors (Lipinski definition) is 2. The number of amides is 1. The zero-order valence-electron chi connectivity index (χ0n) is 18.7. The molecule has 34 heavy (non-hydrogen) atoms. The van der Waals surface area contributed by atoms with E-state index in [1.54, 1.807) is 11.5 Å². The molecule has 2 aliphatic heterocycles. The summed E-state index contributed by atoms with van der Waals surface area (Å²) in [5, 5.41) is 9.50. The largest absolute Gasteiger partial charge is 0.477 e. The Morgan fingerprint density at radius 1 is 1.21 bits per heavy atom. The molecule has 1 unspecified atom stereocenters. The lowest BCUT2D eigenvalue weighted by molar-refractivity contribution is -0.179. The molecule has 4 rings (SSSR count). The van der Waals surface area contributed by atoms with Gasteiger partial charge >= 0.3 is 5.97 Å². The van der Waals surface area contributed by atoms with Crippen LogP contribution in [0.25, 0.3) is 10.9 Å². The average molecular weight is 494 g/mol. The molecular weight excluding hydrogens is 466 g/mol. The summed E-state index contributed by atoms with van der Waals surface area (Å²) in [6.07, 6.45) is 2.08. The van der Waals surface area contributed by atoms with Gasteiger partial charge in [0.15, 0.2) is 5.79 Å². The highest BCUT2D eigenvalue weighted by Crippen LogP contribution is 2.33. The summed E-state index contributed by atoms with van der Waals surface area (Å²) in [6, 6.07) is 4.11. The van der Waals surface area contributed by atoms with E-state index in [9.17, 15) is 27.9 Å². The summed E-state index contributed by atoms with van der Waals surface area (Å²) in [5.74, 6) is -2.88.